The van der Waals surface area contributed by atoms with Crippen LogP contribution in [-0.2, 0) is 27.9 Å². The highest BCUT2D eigenvalue weighted by Gasteiger charge is 2.23. The fraction of sp³-hybridized carbons (Fsp3) is 0.935. The van der Waals surface area contributed by atoms with Gasteiger partial charge >= 0.3 is 13.8 Å². The van der Waals surface area contributed by atoms with E-state index in [1.54, 1.807) is 0 Å². The van der Waals surface area contributed by atoms with Crippen LogP contribution in [0.2, 0.25) is 0 Å². The summed E-state index contributed by atoms with van der Waals surface area (Å²) < 4.78 is 26.6. The van der Waals surface area contributed by atoms with Crippen LogP contribution in [0.5, 0.6) is 0 Å². The van der Waals surface area contributed by atoms with E-state index in [-0.39, 0.29) is 32.1 Å². The van der Waals surface area contributed by atoms with Crippen molar-refractivity contribution in [2.45, 2.75) is 161 Å². The van der Waals surface area contributed by atoms with Crippen LogP contribution in [0.15, 0.2) is 0 Å². The Morgan fingerprint density at radius 3 is 1.59 bits per heavy atom. The molecule has 2 atom stereocenters. The molecule has 41 heavy (non-hydrogen) atoms. The molecule has 0 aromatic rings. The molecule has 9 nitrogen and oxygen atoms in total. The summed E-state index contributed by atoms with van der Waals surface area (Å²) in [6, 6.07) is 0. The van der Waals surface area contributed by atoms with E-state index in [0.717, 1.165) is 38.5 Å². The predicted molar refractivity (Wildman–Crippen MR) is 165 cm³/mol. The number of nitrogens with one attached hydrogen (secondary N) is 1. The number of esters is 1. The van der Waals surface area contributed by atoms with Crippen molar-refractivity contribution < 1.29 is 37.9 Å². The van der Waals surface area contributed by atoms with Crippen molar-refractivity contribution in [2.75, 3.05) is 26.4 Å². The molecule has 0 radical (unpaired) electrons. The number of phosphoric ester groups is 1. The van der Waals surface area contributed by atoms with Crippen LogP contribution < -0.4 is 5.32 Å². The number of phosphoric acid groups is 1. The number of hydrogen-bond acceptors (Lipinski definition) is 7. The maximum atomic E-state index is 11.9. The third-order valence-electron chi connectivity index (χ3n) is 7.04. The summed E-state index contributed by atoms with van der Waals surface area (Å²) in [5.74, 6) is -0.519. The number of hydrogen-bond donors (Lipinski definition) is 3. The van der Waals surface area contributed by atoms with Gasteiger partial charge in [0.15, 0.2) is 0 Å². The van der Waals surface area contributed by atoms with Crippen molar-refractivity contribution in [2.24, 2.45) is 0 Å². The standard InChI is InChI=1S/C31H62NO8P/c1-3-5-7-9-11-12-13-14-15-16-18-20-22-24-31(35)38-27-29(33)28-40-41(36,37)39-26-25-32-30(34)23-21-19-17-10-8-6-4-2/h29,33H,3-28H2,1-2H3,(H,32,34)(H,36,37). The first kappa shape index (κ1) is 40.0. The van der Waals surface area contributed by atoms with E-state index in [9.17, 15) is 24.2 Å². The number of aliphatic hydroxyl groups is 1. The Hall–Kier alpha value is -0.990. The third-order valence-corrected chi connectivity index (χ3v) is 8.02. The molecule has 244 valence electrons. The quantitative estimate of drug-likeness (QED) is 0.0414. The van der Waals surface area contributed by atoms with E-state index >= 15 is 0 Å². The third kappa shape index (κ3) is 30.3. The molecule has 0 aliphatic rings. The second kappa shape index (κ2) is 29.1. The van der Waals surface area contributed by atoms with E-state index in [2.05, 4.69) is 19.2 Å². The number of rotatable bonds is 31. The molecule has 0 heterocycles. The summed E-state index contributed by atoms with van der Waals surface area (Å²) >= 11 is 0. The molecule has 0 saturated carbocycles. The Bertz CT molecular complexity index is 664. The normalized spacial score (nSPS) is 13.6. The van der Waals surface area contributed by atoms with Gasteiger partial charge in [-0.2, -0.15) is 0 Å². The lowest BCUT2D eigenvalue weighted by Gasteiger charge is -2.15. The molecule has 0 spiro atoms. The average Bonchev–Trinajstić information content (AvgIpc) is 2.95. The lowest BCUT2D eigenvalue weighted by molar-refractivity contribution is -0.147. The Balaban J connectivity index is 3.63. The predicted octanol–water partition coefficient (Wildman–Crippen LogP) is 7.76. The summed E-state index contributed by atoms with van der Waals surface area (Å²) in [5.41, 5.74) is 0. The second-order valence-corrected chi connectivity index (χ2v) is 12.6. The number of amides is 1. The maximum Gasteiger partial charge on any atom is 0.472 e. The molecule has 0 rings (SSSR count). The van der Waals surface area contributed by atoms with Crippen LogP contribution in [0, 0.1) is 0 Å². The molecule has 0 fully saturated rings. The molecule has 0 bridgehead atoms. The van der Waals surface area contributed by atoms with Gasteiger partial charge in [-0.1, -0.05) is 129 Å². The molecule has 0 saturated heterocycles. The zero-order chi connectivity index (χ0) is 30.4. The van der Waals surface area contributed by atoms with E-state index in [4.69, 9.17) is 13.8 Å². The molecule has 10 heteroatoms. The molecule has 0 aromatic heterocycles. The van der Waals surface area contributed by atoms with Gasteiger partial charge in [0.1, 0.15) is 12.7 Å². The summed E-state index contributed by atoms with van der Waals surface area (Å²) in [4.78, 5) is 33.4. The van der Waals surface area contributed by atoms with Crippen molar-refractivity contribution in [3.05, 3.63) is 0 Å². The smallest absolute Gasteiger partial charge is 0.463 e. The van der Waals surface area contributed by atoms with Crippen molar-refractivity contribution in [3.8, 4) is 0 Å². The van der Waals surface area contributed by atoms with Crippen molar-refractivity contribution in [3.63, 3.8) is 0 Å². The van der Waals surface area contributed by atoms with Gasteiger partial charge in [0.2, 0.25) is 5.91 Å². The van der Waals surface area contributed by atoms with E-state index in [0.29, 0.717) is 6.42 Å². The highest BCUT2D eigenvalue weighted by Crippen LogP contribution is 2.42. The van der Waals surface area contributed by atoms with Gasteiger partial charge in [0, 0.05) is 19.4 Å². The molecule has 0 aromatic carbocycles. The fourth-order valence-corrected chi connectivity index (χ4v) is 5.25. The molecule has 0 aliphatic heterocycles. The van der Waals surface area contributed by atoms with Crippen molar-refractivity contribution in [1.82, 2.24) is 5.32 Å². The Morgan fingerprint density at radius 2 is 1.10 bits per heavy atom. The SMILES string of the molecule is CCCCCCCCCCCCCCCC(=O)OCC(O)COP(=O)(O)OCCNC(=O)CCCCCCCCC. The fourth-order valence-electron chi connectivity index (χ4n) is 4.50. The van der Waals surface area contributed by atoms with Crippen molar-refractivity contribution >= 4 is 19.7 Å². The summed E-state index contributed by atoms with van der Waals surface area (Å²) in [5, 5.41) is 12.6. The minimum Gasteiger partial charge on any atom is -0.463 e. The number of carbonyl (C=O) groups excluding carboxylic acids is 2. The Labute approximate surface area is 250 Å². The molecule has 1 amide bonds. The van der Waals surface area contributed by atoms with Gasteiger partial charge in [0.25, 0.3) is 0 Å². The molecule has 3 N–H and O–H groups in total. The number of ether oxygens (including phenoxy) is 1. The number of aliphatic hydroxyl groups excluding tert-OH is 1. The lowest BCUT2D eigenvalue weighted by Crippen LogP contribution is -2.27. The number of unbranched alkanes of at least 4 members (excludes halogenated alkanes) is 18. The minimum absolute atomic E-state index is 0.0859. The molecule has 2 unspecified atom stereocenters. The summed E-state index contributed by atoms with van der Waals surface area (Å²) in [7, 11) is -4.39. The van der Waals surface area contributed by atoms with E-state index in [1.807, 2.05) is 0 Å². The van der Waals surface area contributed by atoms with Gasteiger partial charge < -0.3 is 20.1 Å². The average molecular weight is 608 g/mol. The number of carbonyl (C=O) groups is 2. The van der Waals surface area contributed by atoms with E-state index < -0.39 is 26.5 Å². The lowest BCUT2D eigenvalue weighted by atomic mass is 10.0. The van der Waals surface area contributed by atoms with Crippen LogP contribution >= 0.6 is 7.82 Å². The Morgan fingerprint density at radius 1 is 0.659 bits per heavy atom. The molecular weight excluding hydrogens is 545 g/mol. The van der Waals surface area contributed by atoms with Gasteiger partial charge in [-0.15, -0.1) is 0 Å². The van der Waals surface area contributed by atoms with Crippen LogP contribution in [0.4, 0.5) is 0 Å². The van der Waals surface area contributed by atoms with Gasteiger partial charge in [0.05, 0.1) is 13.2 Å². The van der Waals surface area contributed by atoms with Gasteiger partial charge in [-0.3, -0.25) is 18.6 Å². The molecule has 0 aliphatic carbocycles. The topological polar surface area (TPSA) is 131 Å². The zero-order valence-corrected chi connectivity index (χ0v) is 27.1. The van der Waals surface area contributed by atoms with Crippen LogP contribution in [0.3, 0.4) is 0 Å². The second-order valence-electron chi connectivity index (χ2n) is 11.1. The maximum absolute atomic E-state index is 11.9. The summed E-state index contributed by atoms with van der Waals surface area (Å²) in [6.07, 6.45) is 23.3. The first-order chi connectivity index (χ1) is 19.8. The molecular formula is C31H62NO8P. The first-order valence-electron chi connectivity index (χ1n) is 16.5. The Kier molecular flexibility index (Phi) is 28.4. The van der Waals surface area contributed by atoms with Gasteiger partial charge in [-0.05, 0) is 12.8 Å². The zero-order valence-electron chi connectivity index (χ0n) is 26.3. The highest BCUT2D eigenvalue weighted by atomic mass is 31.2. The van der Waals surface area contributed by atoms with Crippen molar-refractivity contribution in [1.29, 1.82) is 0 Å². The minimum atomic E-state index is -4.39. The van der Waals surface area contributed by atoms with Crippen LogP contribution in [-0.4, -0.2) is 54.3 Å². The monoisotopic (exact) mass is 607 g/mol. The first-order valence-corrected chi connectivity index (χ1v) is 18.0. The van der Waals surface area contributed by atoms with Crippen LogP contribution in [0.25, 0.3) is 0 Å². The largest absolute Gasteiger partial charge is 0.472 e. The highest BCUT2D eigenvalue weighted by molar-refractivity contribution is 7.47. The van der Waals surface area contributed by atoms with Crippen LogP contribution in [0.1, 0.15) is 155 Å². The van der Waals surface area contributed by atoms with Gasteiger partial charge in [-0.25, -0.2) is 4.57 Å². The summed E-state index contributed by atoms with van der Waals surface area (Å²) in [6.45, 7) is 3.49. The van der Waals surface area contributed by atoms with E-state index in [1.165, 1.54) is 89.9 Å².